The van der Waals surface area contributed by atoms with Crippen LogP contribution < -0.4 is 0 Å². The first-order valence-corrected chi connectivity index (χ1v) is 7.55. The smallest absolute Gasteiger partial charge is 0.306 e. The fourth-order valence-electron chi connectivity index (χ4n) is 1.73. The molecule has 21 heavy (non-hydrogen) atoms. The largest absolute Gasteiger partial charge is 0.385 e. The standard InChI is InChI=1S/C12H17FN2O5S/c1-9-7-10(8-11(12(9)13)15(16)17)21(18,19)14(2)5-4-6-20-3/h7-8H,4-6H2,1-3H3. The number of nitro benzene ring substituents is 1. The van der Waals surface area contributed by atoms with Gasteiger partial charge >= 0.3 is 5.69 Å². The molecular formula is C12H17FN2O5S. The Bertz CT molecular complexity index is 633. The molecule has 0 spiro atoms. The summed E-state index contributed by atoms with van der Waals surface area (Å²) in [5, 5.41) is 10.8. The Labute approximate surface area is 122 Å². The summed E-state index contributed by atoms with van der Waals surface area (Å²) in [5.74, 6) is -1.03. The lowest BCUT2D eigenvalue weighted by molar-refractivity contribution is -0.387. The van der Waals surface area contributed by atoms with E-state index in [1.165, 1.54) is 21.1 Å². The van der Waals surface area contributed by atoms with Gasteiger partial charge in [-0.1, -0.05) is 0 Å². The van der Waals surface area contributed by atoms with Crippen molar-refractivity contribution in [2.45, 2.75) is 18.2 Å². The normalized spacial score (nSPS) is 11.9. The van der Waals surface area contributed by atoms with Crippen LogP contribution in [0.3, 0.4) is 0 Å². The zero-order valence-electron chi connectivity index (χ0n) is 12.0. The van der Waals surface area contributed by atoms with Crippen molar-refractivity contribution in [2.24, 2.45) is 0 Å². The Morgan fingerprint density at radius 2 is 2.05 bits per heavy atom. The van der Waals surface area contributed by atoms with E-state index in [1.807, 2.05) is 0 Å². The molecule has 0 saturated heterocycles. The summed E-state index contributed by atoms with van der Waals surface area (Å²) in [6.45, 7) is 1.87. The van der Waals surface area contributed by atoms with Gasteiger partial charge in [0.25, 0.3) is 0 Å². The predicted octanol–water partition coefficient (Wildman–Crippen LogP) is 1.70. The van der Waals surface area contributed by atoms with Gasteiger partial charge in [0.2, 0.25) is 15.8 Å². The third kappa shape index (κ3) is 3.96. The Kier molecular flexibility index (Phi) is 5.76. The highest BCUT2D eigenvalue weighted by molar-refractivity contribution is 7.89. The van der Waals surface area contributed by atoms with E-state index in [-0.39, 0.29) is 17.0 Å². The minimum Gasteiger partial charge on any atom is -0.385 e. The van der Waals surface area contributed by atoms with Crippen LogP contribution in [0.4, 0.5) is 10.1 Å². The summed E-state index contributed by atoms with van der Waals surface area (Å²) in [7, 11) is -1.05. The molecular weight excluding hydrogens is 303 g/mol. The van der Waals surface area contributed by atoms with Crippen molar-refractivity contribution in [3.8, 4) is 0 Å². The van der Waals surface area contributed by atoms with Crippen LogP contribution in [0.5, 0.6) is 0 Å². The molecule has 0 radical (unpaired) electrons. The van der Waals surface area contributed by atoms with Crippen molar-refractivity contribution in [1.29, 1.82) is 0 Å². The average Bonchev–Trinajstić information content (AvgIpc) is 2.41. The second-order valence-electron chi connectivity index (χ2n) is 4.50. The number of hydrogen-bond donors (Lipinski definition) is 0. The maximum absolute atomic E-state index is 13.6. The van der Waals surface area contributed by atoms with E-state index < -0.39 is 26.5 Å². The van der Waals surface area contributed by atoms with Gasteiger partial charge < -0.3 is 4.74 Å². The van der Waals surface area contributed by atoms with Crippen LogP contribution in [0.15, 0.2) is 17.0 Å². The predicted molar refractivity (Wildman–Crippen MR) is 74.1 cm³/mol. The van der Waals surface area contributed by atoms with Gasteiger partial charge in [0.05, 0.1) is 9.82 Å². The molecule has 0 bridgehead atoms. The molecule has 0 fully saturated rings. The van der Waals surface area contributed by atoms with Gasteiger partial charge in [0.1, 0.15) is 0 Å². The summed E-state index contributed by atoms with van der Waals surface area (Å²) in [6.07, 6.45) is 0.481. The zero-order valence-corrected chi connectivity index (χ0v) is 12.8. The maximum atomic E-state index is 13.6. The van der Waals surface area contributed by atoms with Gasteiger partial charge in [-0.2, -0.15) is 4.39 Å². The second-order valence-corrected chi connectivity index (χ2v) is 6.55. The van der Waals surface area contributed by atoms with Crippen LogP contribution in [-0.4, -0.2) is 45.0 Å². The van der Waals surface area contributed by atoms with Crippen LogP contribution in [0.1, 0.15) is 12.0 Å². The van der Waals surface area contributed by atoms with Crippen LogP contribution >= 0.6 is 0 Å². The topological polar surface area (TPSA) is 89.8 Å². The van der Waals surface area contributed by atoms with Crippen LogP contribution in [-0.2, 0) is 14.8 Å². The fraction of sp³-hybridized carbons (Fsp3) is 0.500. The zero-order chi connectivity index (χ0) is 16.2. The first kappa shape index (κ1) is 17.5. The van der Waals surface area contributed by atoms with Crippen LogP contribution in [0.2, 0.25) is 0 Å². The number of methoxy groups -OCH3 is 1. The van der Waals surface area contributed by atoms with Crippen molar-refractivity contribution >= 4 is 15.7 Å². The van der Waals surface area contributed by atoms with Crippen molar-refractivity contribution < 1.29 is 22.5 Å². The summed E-state index contributed by atoms with van der Waals surface area (Å²) in [6, 6.07) is 1.83. The molecule has 1 aromatic rings. The number of aryl methyl sites for hydroxylation is 1. The Hall–Kier alpha value is -1.58. The van der Waals surface area contributed by atoms with E-state index in [0.717, 1.165) is 16.4 Å². The van der Waals surface area contributed by atoms with Gasteiger partial charge in [-0.3, -0.25) is 10.1 Å². The molecule has 0 aliphatic carbocycles. The third-order valence-electron chi connectivity index (χ3n) is 2.94. The molecule has 1 aromatic carbocycles. The number of benzene rings is 1. The summed E-state index contributed by atoms with van der Waals surface area (Å²) >= 11 is 0. The Balaban J connectivity index is 3.17. The van der Waals surface area contributed by atoms with Gasteiger partial charge in [-0.05, 0) is 25.0 Å². The number of sulfonamides is 1. The van der Waals surface area contributed by atoms with Crippen molar-refractivity contribution in [1.82, 2.24) is 4.31 Å². The lowest BCUT2D eigenvalue weighted by Crippen LogP contribution is -2.28. The highest BCUT2D eigenvalue weighted by atomic mass is 32.2. The number of halogens is 1. The molecule has 7 nitrogen and oxygen atoms in total. The van der Waals surface area contributed by atoms with E-state index in [1.54, 1.807) is 0 Å². The molecule has 0 aliphatic rings. The molecule has 1 rings (SSSR count). The summed E-state index contributed by atoms with van der Waals surface area (Å²) in [5.41, 5.74) is -0.938. The number of ether oxygens (including phenoxy) is 1. The first-order valence-electron chi connectivity index (χ1n) is 6.11. The SMILES string of the molecule is COCCCN(C)S(=O)(=O)c1cc(C)c(F)c([N+](=O)[O-])c1. The molecule has 0 aliphatic heterocycles. The minimum absolute atomic E-state index is 0.0898. The minimum atomic E-state index is -3.91. The lowest BCUT2D eigenvalue weighted by Gasteiger charge is -2.17. The molecule has 0 unspecified atom stereocenters. The maximum Gasteiger partial charge on any atom is 0.306 e. The molecule has 0 N–H and O–H groups in total. The second kappa shape index (κ2) is 6.92. The Morgan fingerprint density at radius 1 is 1.43 bits per heavy atom. The fourth-order valence-corrected chi connectivity index (χ4v) is 3.05. The average molecular weight is 320 g/mol. The Morgan fingerprint density at radius 3 is 2.57 bits per heavy atom. The van der Waals surface area contributed by atoms with Crippen molar-refractivity contribution in [3.05, 3.63) is 33.6 Å². The number of hydrogen-bond acceptors (Lipinski definition) is 5. The van der Waals surface area contributed by atoms with Crippen LogP contribution in [0.25, 0.3) is 0 Å². The number of nitrogens with zero attached hydrogens (tertiary/aromatic N) is 2. The monoisotopic (exact) mass is 320 g/mol. The molecule has 9 heteroatoms. The van der Waals surface area contributed by atoms with Crippen molar-refractivity contribution in [3.63, 3.8) is 0 Å². The third-order valence-corrected chi connectivity index (χ3v) is 4.77. The van der Waals surface area contributed by atoms with Gasteiger partial charge in [0, 0.05) is 33.4 Å². The molecule has 0 amide bonds. The van der Waals surface area contributed by atoms with Gasteiger partial charge in [0.15, 0.2) is 0 Å². The highest BCUT2D eigenvalue weighted by Crippen LogP contribution is 2.26. The molecule has 0 aromatic heterocycles. The van der Waals surface area contributed by atoms with Crippen LogP contribution in [0, 0.1) is 22.9 Å². The summed E-state index contributed by atoms with van der Waals surface area (Å²) in [4.78, 5) is 9.54. The number of rotatable bonds is 7. The van der Waals surface area contributed by atoms with Gasteiger partial charge in [-0.15, -0.1) is 0 Å². The molecule has 0 atom stereocenters. The van der Waals surface area contributed by atoms with E-state index >= 15 is 0 Å². The molecule has 0 saturated carbocycles. The van der Waals surface area contributed by atoms with E-state index in [9.17, 15) is 22.9 Å². The highest BCUT2D eigenvalue weighted by Gasteiger charge is 2.26. The molecule has 0 heterocycles. The van der Waals surface area contributed by atoms with Gasteiger partial charge in [-0.25, -0.2) is 12.7 Å². The molecule has 118 valence electrons. The lowest BCUT2D eigenvalue weighted by atomic mass is 10.2. The number of nitro groups is 1. The van der Waals surface area contributed by atoms with Crippen molar-refractivity contribution in [2.75, 3.05) is 27.3 Å². The first-order chi connectivity index (χ1) is 9.71. The summed E-state index contributed by atoms with van der Waals surface area (Å²) < 4.78 is 44.1. The van der Waals surface area contributed by atoms with E-state index in [2.05, 4.69) is 0 Å². The quantitative estimate of drug-likeness (QED) is 0.433. The van der Waals surface area contributed by atoms with E-state index in [4.69, 9.17) is 4.74 Å². The van der Waals surface area contributed by atoms with E-state index in [0.29, 0.717) is 13.0 Å².